The summed E-state index contributed by atoms with van der Waals surface area (Å²) in [6, 6.07) is 10.2. The maximum absolute atomic E-state index is 13.2. The highest BCUT2D eigenvalue weighted by molar-refractivity contribution is 6.15. The maximum Gasteiger partial charge on any atom is 0.340 e. The van der Waals surface area contributed by atoms with E-state index in [9.17, 15) is 14.9 Å². The van der Waals surface area contributed by atoms with Gasteiger partial charge in [0.15, 0.2) is 0 Å². The molecule has 1 N–H and O–H groups in total. The third kappa shape index (κ3) is 4.80. The first kappa shape index (κ1) is 23.7. The Kier molecular flexibility index (Phi) is 6.98. The minimum absolute atomic E-state index is 0.0316. The molecule has 0 aliphatic carbocycles. The van der Waals surface area contributed by atoms with Crippen LogP contribution < -0.4 is 0 Å². The van der Waals surface area contributed by atoms with Gasteiger partial charge in [-0.3, -0.25) is 9.48 Å². The maximum atomic E-state index is 13.2. The lowest BCUT2D eigenvalue weighted by molar-refractivity contribution is 0.0525. The van der Waals surface area contributed by atoms with Gasteiger partial charge in [0.2, 0.25) is 5.78 Å². The molecule has 0 radical (unpaired) electrons. The van der Waals surface area contributed by atoms with Gasteiger partial charge in [-0.25, -0.2) is 4.79 Å². The van der Waals surface area contributed by atoms with E-state index < -0.39 is 11.8 Å². The topological polar surface area (TPSA) is 101 Å². The summed E-state index contributed by atoms with van der Waals surface area (Å²) in [4.78, 5) is 28.4. The Hall–Kier alpha value is -3.92. The Balaban J connectivity index is 1.96. The molecule has 0 bridgehead atoms. The van der Waals surface area contributed by atoms with Crippen LogP contribution in [0, 0.1) is 45.9 Å². The van der Waals surface area contributed by atoms with Crippen molar-refractivity contribution in [3.05, 3.63) is 80.4 Å². The SMILES string of the molecule is CCOC(=O)c1c(C)[nH]c(C(=O)/C(C#N)=C/c2c(C)nn(Cc3ccc(C)cc3)c2C)c1C. The molecule has 7 heteroatoms. The predicted octanol–water partition coefficient (Wildman–Crippen LogP) is 4.77. The summed E-state index contributed by atoms with van der Waals surface area (Å²) >= 11 is 0. The minimum atomic E-state index is -0.491. The van der Waals surface area contributed by atoms with Crippen LogP contribution in [-0.4, -0.2) is 33.1 Å². The zero-order chi connectivity index (χ0) is 24.3. The van der Waals surface area contributed by atoms with Gasteiger partial charge >= 0.3 is 5.97 Å². The highest BCUT2D eigenvalue weighted by Crippen LogP contribution is 2.24. The smallest absolute Gasteiger partial charge is 0.340 e. The summed E-state index contributed by atoms with van der Waals surface area (Å²) < 4.78 is 6.96. The number of ether oxygens (including phenoxy) is 1. The number of aryl methyl sites for hydroxylation is 3. The van der Waals surface area contributed by atoms with Crippen molar-refractivity contribution in [3.8, 4) is 6.07 Å². The molecule has 170 valence electrons. The molecule has 0 atom stereocenters. The number of aromatic nitrogens is 3. The lowest BCUT2D eigenvalue weighted by Gasteiger charge is -2.06. The molecule has 0 saturated carbocycles. The monoisotopic (exact) mass is 444 g/mol. The van der Waals surface area contributed by atoms with Gasteiger partial charge in [0.05, 0.1) is 30.1 Å². The van der Waals surface area contributed by atoms with E-state index in [1.807, 2.05) is 31.5 Å². The highest BCUT2D eigenvalue weighted by Gasteiger charge is 2.25. The van der Waals surface area contributed by atoms with Crippen molar-refractivity contribution in [1.29, 1.82) is 5.26 Å². The first-order valence-corrected chi connectivity index (χ1v) is 10.8. The van der Waals surface area contributed by atoms with Crippen LogP contribution in [-0.2, 0) is 11.3 Å². The quantitative estimate of drug-likeness (QED) is 0.245. The lowest BCUT2D eigenvalue weighted by atomic mass is 10.0. The molecule has 7 nitrogen and oxygen atoms in total. The molecule has 0 amide bonds. The van der Waals surface area contributed by atoms with Crippen LogP contribution in [0.25, 0.3) is 6.08 Å². The summed E-state index contributed by atoms with van der Waals surface area (Å²) in [7, 11) is 0. The van der Waals surface area contributed by atoms with Gasteiger partial charge in [0.1, 0.15) is 11.6 Å². The number of carbonyl (C=O) groups excluding carboxylic acids is 2. The van der Waals surface area contributed by atoms with Crippen LogP contribution in [0.2, 0.25) is 0 Å². The number of carbonyl (C=O) groups is 2. The number of nitrogens with one attached hydrogen (secondary N) is 1. The number of hydrogen-bond donors (Lipinski definition) is 1. The van der Waals surface area contributed by atoms with Gasteiger partial charge in [0.25, 0.3) is 0 Å². The summed E-state index contributed by atoms with van der Waals surface area (Å²) in [6.45, 7) is 11.7. The van der Waals surface area contributed by atoms with Crippen molar-refractivity contribution < 1.29 is 14.3 Å². The van der Waals surface area contributed by atoms with E-state index >= 15 is 0 Å². The average Bonchev–Trinajstić information content (AvgIpc) is 3.22. The number of nitriles is 1. The molecular weight excluding hydrogens is 416 g/mol. The average molecular weight is 445 g/mol. The third-order valence-electron chi connectivity index (χ3n) is 5.69. The van der Waals surface area contributed by atoms with Gasteiger partial charge < -0.3 is 9.72 Å². The number of nitrogens with zero attached hydrogens (tertiary/aromatic N) is 3. The highest BCUT2D eigenvalue weighted by atomic mass is 16.5. The van der Waals surface area contributed by atoms with Crippen LogP contribution in [0.1, 0.15) is 67.1 Å². The fourth-order valence-electron chi connectivity index (χ4n) is 3.85. The van der Waals surface area contributed by atoms with E-state index in [0.29, 0.717) is 23.4 Å². The summed E-state index contributed by atoms with van der Waals surface area (Å²) in [6.07, 6.45) is 1.57. The van der Waals surface area contributed by atoms with Crippen LogP contribution in [0.3, 0.4) is 0 Å². The second-order valence-corrected chi connectivity index (χ2v) is 8.07. The molecule has 0 aliphatic rings. The van der Waals surface area contributed by atoms with Crippen molar-refractivity contribution >= 4 is 17.8 Å². The Morgan fingerprint density at radius 2 is 1.82 bits per heavy atom. The fourth-order valence-corrected chi connectivity index (χ4v) is 3.85. The van der Waals surface area contributed by atoms with E-state index in [1.165, 1.54) is 5.56 Å². The fraction of sp³-hybridized carbons (Fsp3) is 0.308. The number of allylic oxidation sites excluding steroid dienone is 1. The molecule has 0 unspecified atom stereocenters. The van der Waals surface area contributed by atoms with Crippen molar-refractivity contribution in [2.75, 3.05) is 6.61 Å². The van der Waals surface area contributed by atoms with Crippen LogP contribution in [0.5, 0.6) is 0 Å². The summed E-state index contributed by atoms with van der Waals surface area (Å²) in [5, 5.41) is 14.4. The van der Waals surface area contributed by atoms with E-state index in [4.69, 9.17) is 4.74 Å². The molecule has 33 heavy (non-hydrogen) atoms. The zero-order valence-electron chi connectivity index (χ0n) is 19.9. The molecule has 0 spiro atoms. The molecule has 3 rings (SSSR count). The first-order chi connectivity index (χ1) is 15.7. The van der Waals surface area contributed by atoms with Crippen LogP contribution in [0.4, 0.5) is 0 Å². The van der Waals surface area contributed by atoms with E-state index in [1.54, 1.807) is 26.8 Å². The third-order valence-corrected chi connectivity index (χ3v) is 5.69. The van der Waals surface area contributed by atoms with Crippen molar-refractivity contribution in [2.45, 2.75) is 48.1 Å². The molecule has 3 aromatic rings. The number of hydrogen-bond acceptors (Lipinski definition) is 5. The molecule has 2 aromatic heterocycles. The van der Waals surface area contributed by atoms with Gasteiger partial charge in [-0.15, -0.1) is 0 Å². The number of benzene rings is 1. The molecular formula is C26H28N4O3. The Bertz CT molecular complexity index is 1280. The number of ketones is 1. The first-order valence-electron chi connectivity index (χ1n) is 10.8. The molecule has 2 heterocycles. The van der Waals surface area contributed by atoms with Gasteiger partial charge in [-0.05, 0) is 58.7 Å². The standard InChI is InChI=1S/C26H28N4O3/c1-7-33-26(32)23-16(3)24(28-18(23)5)25(31)21(13-27)12-22-17(4)29-30(19(22)6)14-20-10-8-15(2)9-11-20/h8-12,28H,7,14H2,1-6H3/b21-12+. The Morgan fingerprint density at radius 1 is 1.15 bits per heavy atom. The number of esters is 1. The molecule has 0 aliphatic heterocycles. The number of aromatic amines is 1. The van der Waals surface area contributed by atoms with Crippen LogP contribution >= 0.6 is 0 Å². The zero-order valence-corrected chi connectivity index (χ0v) is 19.9. The number of rotatable bonds is 7. The summed E-state index contributed by atoms with van der Waals surface area (Å²) in [5.74, 6) is -0.965. The number of Topliss-reactive ketones (excluding diaryl/α,β-unsaturated/α-hetero) is 1. The second kappa shape index (κ2) is 9.70. The normalized spacial score (nSPS) is 11.4. The Morgan fingerprint density at radius 3 is 2.42 bits per heavy atom. The Labute approximate surface area is 193 Å². The largest absolute Gasteiger partial charge is 0.462 e. The van der Waals surface area contributed by atoms with Crippen molar-refractivity contribution in [1.82, 2.24) is 14.8 Å². The molecule has 0 saturated heterocycles. The van der Waals surface area contributed by atoms with Crippen molar-refractivity contribution in [3.63, 3.8) is 0 Å². The second-order valence-electron chi connectivity index (χ2n) is 8.07. The van der Waals surface area contributed by atoms with E-state index in [-0.39, 0.29) is 17.9 Å². The van der Waals surface area contributed by atoms with E-state index in [2.05, 4.69) is 34.3 Å². The minimum Gasteiger partial charge on any atom is -0.462 e. The van der Waals surface area contributed by atoms with Crippen molar-refractivity contribution in [2.24, 2.45) is 0 Å². The summed E-state index contributed by atoms with van der Waals surface area (Å²) in [5.41, 5.74) is 6.14. The molecule has 1 aromatic carbocycles. The van der Waals surface area contributed by atoms with Gasteiger partial charge in [-0.1, -0.05) is 29.8 Å². The van der Waals surface area contributed by atoms with E-state index in [0.717, 1.165) is 22.5 Å². The molecule has 0 fully saturated rings. The number of H-pyrrole nitrogens is 1. The predicted molar refractivity (Wildman–Crippen MR) is 126 cm³/mol. The van der Waals surface area contributed by atoms with Gasteiger partial charge in [0, 0.05) is 17.0 Å². The van der Waals surface area contributed by atoms with Gasteiger partial charge in [-0.2, -0.15) is 10.4 Å². The van der Waals surface area contributed by atoms with Crippen LogP contribution in [0.15, 0.2) is 29.8 Å². The lowest BCUT2D eigenvalue weighted by Crippen LogP contribution is -2.08.